The Hall–Kier alpha value is -1.50. The maximum Gasteiger partial charge on any atom is 0.349 e. The lowest BCUT2D eigenvalue weighted by Gasteiger charge is -2.27. The number of ether oxygens (including phenoxy) is 2. The van der Waals surface area contributed by atoms with E-state index in [9.17, 15) is 18.9 Å². The maximum atomic E-state index is 13.3. The van der Waals surface area contributed by atoms with Crippen molar-refractivity contribution in [1.82, 2.24) is 0 Å². The molecule has 0 spiro atoms. The van der Waals surface area contributed by atoms with Crippen LogP contribution >= 0.6 is 7.60 Å². The second-order valence-corrected chi connectivity index (χ2v) is 8.30. The predicted octanol–water partition coefficient (Wildman–Crippen LogP) is 2.26. The predicted molar refractivity (Wildman–Crippen MR) is 91.5 cm³/mol. The Morgan fingerprint density at radius 1 is 1.08 bits per heavy atom. The van der Waals surface area contributed by atoms with Crippen LogP contribution < -0.4 is 0 Å². The van der Waals surface area contributed by atoms with Crippen molar-refractivity contribution in [2.45, 2.75) is 38.8 Å². The molecule has 2 bridgehead atoms. The molecule has 0 heterocycles. The van der Waals surface area contributed by atoms with Gasteiger partial charge in [-0.1, -0.05) is 0 Å². The van der Waals surface area contributed by atoms with Crippen molar-refractivity contribution in [3.8, 4) is 0 Å². The molecule has 2 aliphatic rings. The van der Waals surface area contributed by atoms with Crippen LogP contribution in [0.2, 0.25) is 0 Å². The molecule has 0 aromatic carbocycles. The van der Waals surface area contributed by atoms with Crippen molar-refractivity contribution in [2.75, 3.05) is 27.4 Å². The zero-order valence-electron chi connectivity index (χ0n) is 15.5. The van der Waals surface area contributed by atoms with Gasteiger partial charge in [-0.05, 0) is 39.0 Å². The van der Waals surface area contributed by atoms with Gasteiger partial charge in [0.2, 0.25) is 0 Å². The summed E-state index contributed by atoms with van der Waals surface area (Å²) in [7, 11) is -1.86. The highest BCUT2D eigenvalue weighted by atomic mass is 31.2. The van der Waals surface area contributed by atoms with E-state index in [4.69, 9.17) is 18.5 Å². The number of fused-ring (bicyclic) bond motifs is 2. The lowest BCUT2D eigenvalue weighted by Crippen LogP contribution is -2.34. The van der Waals surface area contributed by atoms with Gasteiger partial charge in [0.1, 0.15) is 0 Å². The van der Waals surface area contributed by atoms with Crippen molar-refractivity contribution in [3.63, 3.8) is 0 Å². The summed E-state index contributed by atoms with van der Waals surface area (Å²) in [5, 5.41) is 0. The van der Waals surface area contributed by atoms with Gasteiger partial charge in [0.05, 0.1) is 33.0 Å². The standard InChI is InChI=1S/C17H25O8P/c1-5-24-26(21,25-6-2)15(17(20)23-4)13(16(19)22-3)12-10-7-8-11(9-10)14(12)18/h10-11,15H,5-9H2,1-4H3/b13-12-/t10-,11+,15?/m1/s1. The molecule has 0 aromatic rings. The van der Waals surface area contributed by atoms with Crippen LogP contribution in [-0.4, -0.2) is 50.8 Å². The summed E-state index contributed by atoms with van der Waals surface area (Å²) in [5.74, 6) is -2.39. The Morgan fingerprint density at radius 2 is 1.65 bits per heavy atom. The van der Waals surface area contributed by atoms with Crippen molar-refractivity contribution < 1.29 is 37.5 Å². The van der Waals surface area contributed by atoms with Gasteiger partial charge >= 0.3 is 19.5 Å². The van der Waals surface area contributed by atoms with Crippen LogP contribution in [0, 0.1) is 11.8 Å². The fraction of sp³-hybridized carbons (Fsp3) is 0.706. The van der Waals surface area contributed by atoms with Gasteiger partial charge < -0.3 is 18.5 Å². The minimum atomic E-state index is -4.11. The highest BCUT2D eigenvalue weighted by molar-refractivity contribution is 7.56. The summed E-state index contributed by atoms with van der Waals surface area (Å²) in [6.45, 7) is 3.17. The topological polar surface area (TPSA) is 105 Å². The molecular weight excluding hydrogens is 363 g/mol. The number of allylic oxidation sites excluding steroid dienone is 1. The Balaban J connectivity index is 2.68. The Morgan fingerprint density at radius 3 is 2.08 bits per heavy atom. The molecule has 26 heavy (non-hydrogen) atoms. The smallest absolute Gasteiger partial charge is 0.349 e. The van der Waals surface area contributed by atoms with Crippen molar-refractivity contribution in [1.29, 1.82) is 0 Å². The number of rotatable bonds is 8. The third kappa shape index (κ3) is 3.63. The van der Waals surface area contributed by atoms with E-state index in [2.05, 4.69) is 0 Å². The van der Waals surface area contributed by atoms with Crippen LogP contribution in [0.3, 0.4) is 0 Å². The van der Waals surface area contributed by atoms with Crippen molar-refractivity contribution >= 4 is 25.3 Å². The molecule has 9 heteroatoms. The van der Waals surface area contributed by atoms with Crippen molar-refractivity contribution in [3.05, 3.63) is 11.1 Å². The summed E-state index contributed by atoms with van der Waals surface area (Å²) in [6, 6.07) is 0. The molecule has 0 amide bonds. The molecule has 1 unspecified atom stereocenters. The van der Waals surface area contributed by atoms with E-state index in [-0.39, 0.29) is 42.0 Å². The Bertz CT molecular complexity index is 658. The molecule has 2 saturated carbocycles. The molecule has 0 saturated heterocycles. The van der Waals surface area contributed by atoms with Crippen LogP contribution in [0.15, 0.2) is 11.1 Å². The van der Waals surface area contributed by atoms with Gasteiger partial charge in [0, 0.05) is 11.5 Å². The fourth-order valence-electron chi connectivity index (χ4n) is 3.80. The lowest BCUT2D eigenvalue weighted by atomic mass is 9.88. The van der Waals surface area contributed by atoms with Crippen LogP contribution in [-0.2, 0) is 37.5 Å². The van der Waals surface area contributed by atoms with E-state index in [1.165, 1.54) is 0 Å². The SMILES string of the molecule is CCOP(=O)(OCC)C(C(=O)OC)/C(C(=O)OC)=C1/C(=O)[C@H]2CC[C@@H]1C2. The van der Waals surface area contributed by atoms with Gasteiger partial charge in [-0.2, -0.15) is 0 Å². The summed E-state index contributed by atoms with van der Waals surface area (Å²) >= 11 is 0. The van der Waals surface area contributed by atoms with Gasteiger partial charge in [0.15, 0.2) is 11.4 Å². The minimum Gasteiger partial charge on any atom is -0.468 e. The third-order valence-corrected chi connectivity index (χ3v) is 7.14. The van der Waals surface area contributed by atoms with Gasteiger partial charge in [-0.3, -0.25) is 14.2 Å². The largest absolute Gasteiger partial charge is 0.468 e. The summed E-state index contributed by atoms with van der Waals surface area (Å²) in [6.07, 6.45) is 2.10. The van der Waals surface area contributed by atoms with Crippen LogP contribution in [0.25, 0.3) is 0 Å². The fourth-order valence-corrected chi connectivity index (χ4v) is 5.81. The second-order valence-electron chi connectivity index (χ2n) is 6.19. The summed E-state index contributed by atoms with van der Waals surface area (Å²) in [4.78, 5) is 37.8. The number of hydrogen-bond donors (Lipinski definition) is 0. The van der Waals surface area contributed by atoms with Crippen LogP contribution in [0.1, 0.15) is 33.1 Å². The molecule has 2 rings (SSSR count). The van der Waals surface area contributed by atoms with Gasteiger partial charge in [-0.25, -0.2) is 4.79 Å². The van der Waals surface area contributed by atoms with Crippen LogP contribution in [0.5, 0.6) is 0 Å². The number of methoxy groups -OCH3 is 2. The minimum absolute atomic E-state index is 0.00540. The molecular formula is C17H25O8P. The molecule has 0 aromatic heterocycles. The molecule has 0 N–H and O–H groups in total. The quantitative estimate of drug-likeness (QED) is 0.354. The number of esters is 2. The average molecular weight is 388 g/mol. The normalized spacial score (nSPS) is 25.2. The Labute approximate surface area is 152 Å². The number of carbonyl (C=O) groups excluding carboxylic acids is 3. The van der Waals surface area contributed by atoms with Crippen LogP contribution in [0.4, 0.5) is 0 Å². The molecule has 2 fully saturated rings. The van der Waals surface area contributed by atoms with Gasteiger partial charge in [-0.15, -0.1) is 0 Å². The Kier molecular flexibility index (Phi) is 6.77. The first-order chi connectivity index (χ1) is 12.3. The van der Waals surface area contributed by atoms with E-state index < -0.39 is 25.2 Å². The third-order valence-electron chi connectivity index (χ3n) is 4.80. The molecule has 146 valence electrons. The average Bonchev–Trinajstić information content (AvgIpc) is 3.20. The summed E-state index contributed by atoms with van der Waals surface area (Å²) in [5.41, 5.74) is -1.69. The maximum absolute atomic E-state index is 13.3. The first kappa shape index (κ1) is 20.8. The zero-order valence-corrected chi connectivity index (χ0v) is 16.4. The number of carbonyl (C=O) groups is 3. The van der Waals surface area contributed by atoms with E-state index in [1.807, 2.05) is 0 Å². The second kappa shape index (κ2) is 8.46. The number of hydrogen-bond acceptors (Lipinski definition) is 8. The zero-order chi connectivity index (χ0) is 19.5. The number of ketones is 1. The lowest BCUT2D eigenvalue weighted by molar-refractivity contribution is -0.143. The van der Waals surface area contributed by atoms with E-state index in [0.717, 1.165) is 27.1 Å². The van der Waals surface area contributed by atoms with Gasteiger partial charge in [0.25, 0.3) is 0 Å². The molecule has 3 atom stereocenters. The molecule has 2 aliphatic carbocycles. The first-order valence-corrected chi connectivity index (χ1v) is 10.3. The highest BCUT2D eigenvalue weighted by Crippen LogP contribution is 2.58. The monoisotopic (exact) mass is 388 g/mol. The number of Topliss-reactive ketones (excluding diaryl/α,β-unsaturated/α-hetero) is 1. The van der Waals surface area contributed by atoms with E-state index >= 15 is 0 Å². The van der Waals surface area contributed by atoms with E-state index in [0.29, 0.717) is 6.42 Å². The first-order valence-electron chi connectivity index (χ1n) is 8.67. The summed E-state index contributed by atoms with van der Waals surface area (Å²) < 4.78 is 33.5. The molecule has 0 radical (unpaired) electrons. The molecule has 0 aliphatic heterocycles. The highest BCUT2D eigenvalue weighted by Gasteiger charge is 2.53. The van der Waals surface area contributed by atoms with Crippen molar-refractivity contribution in [2.24, 2.45) is 11.8 Å². The molecule has 8 nitrogen and oxygen atoms in total. The van der Waals surface area contributed by atoms with E-state index in [1.54, 1.807) is 13.8 Å².